The first kappa shape index (κ1) is 19.0. The fraction of sp³-hybridized carbons (Fsp3) is 0.227. The highest BCUT2D eigenvalue weighted by Gasteiger charge is 2.39. The summed E-state index contributed by atoms with van der Waals surface area (Å²) in [7, 11) is 0. The van der Waals surface area contributed by atoms with E-state index in [0.29, 0.717) is 29.9 Å². The third kappa shape index (κ3) is 3.65. The molecule has 9 nitrogen and oxygen atoms in total. The summed E-state index contributed by atoms with van der Waals surface area (Å²) in [4.78, 5) is 38.1. The molecule has 156 valence electrons. The van der Waals surface area contributed by atoms with Crippen molar-refractivity contribution in [3.63, 3.8) is 0 Å². The summed E-state index contributed by atoms with van der Waals surface area (Å²) in [6.45, 7) is 0.616. The molecule has 2 aromatic carbocycles. The minimum Gasteiger partial charge on any atom is -0.487 e. The third-order valence-electron chi connectivity index (χ3n) is 5.45. The number of aromatic nitrogens is 3. The van der Waals surface area contributed by atoms with Crippen LogP contribution in [0.15, 0.2) is 54.7 Å². The van der Waals surface area contributed by atoms with Crippen molar-refractivity contribution in [2.75, 3.05) is 0 Å². The number of amides is 3. The lowest BCUT2D eigenvalue weighted by Crippen LogP contribution is -2.52. The van der Waals surface area contributed by atoms with Crippen LogP contribution in [0, 0.1) is 0 Å². The van der Waals surface area contributed by atoms with Gasteiger partial charge >= 0.3 is 0 Å². The molecule has 0 saturated carbocycles. The van der Waals surface area contributed by atoms with E-state index in [-0.39, 0.29) is 24.8 Å². The van der Waals surface area contributed by atoms with Gasteiger partial charge in [-0.15, -0.1) is 5.10 Å². The zero-order valence-corrected chi connectivity index (χ0v) is 16.5. The fourth-order valence-corrected chi connectivity index (χ4v) is 3.85. The van der Waals surface area contributed by atoms with E-state index in [1.54, 1.807) is 16.9 Å². The number of hydrogen-bond donors (Lipinski definition) is 1. The standard InChI is InChI=1S/C22H19N5O4/c28-20-9-8-19(21(29)23-20)26-11-14-6-7-16(10-18(14)22(26)30)27-12-15(24-25-27)13-31-17-4-2-1-3-5-17/h1-7,10,12,19H,8-9,11,13H2,(H,23,28,29). The minimum atomic E-state index is -0.630. The van der Waals surface area contributed by atoms with Crippen molar-refractivity contribution in [3.8, 4) is 11.4 Å². The van der Waals surface area contributed by atoms with Gasteiger partial charge in [-0.05, 0) is 36.2 Å². The van der Waals surface area contributed by atoms with Crippen LogP contribution < -0.4 is 10.1 Å². The Kier molecular flexibility index (Phi) is 4.70. The molecule has 3 aromatic rings. The van der Waals surface area contributed by atoms with Gasteiger partial charge in [0.1, 0.15) is 24.1 Å². The van der Waals surface area contributed by atoms with Gasteiger partial charge in [-0.1, -0.05) is 29.5 Å². The van der Waals surface area contributed by atoms with Gasteiger partial charge in [-0.3, -0.25) is 19.7 Å². The van der Waals surface area contributed by atoms with Crippen LogP contribution in [0.2, 0.25) is 0 Å². The molecular formula is C22H19N5O4. The van der Waals surface area contributed by atoms with Crippen molar-refractivity contribution in [3.05, 3.63) is 71.5 Å². The van der Waals surface area contributed by atoms with E-state index in [1.165, 1.54) is 4.90 Å². The SMILES string of the molecule is O=C1CCC(N2Cc3ccc(-n4cc(COc5ccccc5)nn4)cc3C2=O)C(=O)N1. The van der Waals surface area contributed by atoms with E-state index < -0.39 is 11.9 Å². The lowest BCUT2D eigenvalue weighted by molar-refractivity contribution is -0.136. The molecule has 9 heteroatoms. The number of carbonyl (C=O) groups is 3. The summed E-state index contributed by atoms with van der Waals surface area (Å²) >= 11 is 0. The Labute approximate surface area is 177 Å². The number of hydrogen-bond acceptors (Lipinski definition) is 6. The second-order valence-corrected chi connectivity index (χ2v) is 7.50. The molecule has 0 spiro atoms. The molecule has 1 N–H and O–H groups in total. The molecule has 1 saturated heterocycles. The first-order valence-electron chi connectivity index (χ1n) is 9.95. The molecular weight excluding hydrogens is 398 g/mol. The molecule has 2 aliphatic heterocycles. The van der Waals surface area contributed by atoms with E-state index in [4.69, 9.17) is 4.74 Å². The molecule has 2 aliphatic rings. The summed E-state index contributed by atoms with van der Waals surface area (Å²) in [5.41, 5.74) is 2.71. The highest BCUT2D eigenvalue weighted by Crippen LogP contribution is 2.29. The number of nitrogens with zero attached hydrogens (tertiary/aromatic N) is 4. The molecule has 0 radical (unpaired) electrons. The summed E-state index contributed by atoms with van der Waals surface area (Å²) in [6, 6.07) is 14.3. The van der Waals surface area contributed by atoms with Crippen LogP contribution in [-0.2, 0) is 22.7 Å². The van der Waals surface area contributed by atoms with Crippen molar-refractivity contribution in [1.29, 1.82) is 0 Å². The third-order valence-corrected chi connectivity index (χ3v) is 5.45. The molecule has 1 fully saturated rings. The van der Waals surface area contributed by atoms with Crippen molar-refractivity contribution in [2.45, 2.75) is 32.0 Å². The Morgan fingerprint density at radius 2 is 1.94 bits per heavy atom. The van der Waals surface area contributed by atoms with Crippen LogP contribution in [0.25, 0.3) is 5.69 Å². The van der Waals surface area contributed by atoms with E-state index in [9.17, 15) is 14.4 Å². The Balaban J connectivity index is 1.31. The number of nitrogens with one attached hydrogen (secondary N) is 1. The molecule has 0 bridgehead atoms. The van der Waals surface area contributed by atoms with Gasteiger partial charge in [-0.25, -0.2) is 4.68 Å². The van der Waals surface area contributed by atoms with E-state index in [2.05, 4.69) is 15.6 Å². The molecule has 0 aliphatic carbocycles. The number of carbonyl (C=O) groups excluding carboxylic acids is 3. The van der Waals surface area contributed by atoms with Gasteiger partial charge in [0.15, 0.2) is 0 Å². The average molecular weight is 417 g/mol. The van der Waals surface area contributed by atoms with Crippen LogP contribution in [0.4, 0.5) is 0 Å². The first-order chi connectivity index (χ1) is 15.1. The Morgan fingerprint density at radius 3 is 2.74 bits per heavy atom. The molecule has 1 unspecified atom stereocenters. The predicted octanol–water partition coefficient (Wildman–Crippen LogP) is 1.61. The zero-order valence-electron chi connectivity index (χ0n) is 16.5. The van der Waals surface area contributed by atoms with Gasteiger partial charge in [0.25, 0.3) is 5.91 Å². The fourth-order valence-electron chi connectivity index (χ4n) is 3.85. The van der Waals surface area contributed by atoms with Crippen molar-refractivity contribution < 1.29 is 19.1 Å². The quantitative estimate of drug-likeness (QED) is 0.632. The van der Waals surface area contributed by atoms with Crippen LogP contribution >= 0.6 is 0 Å². The Morgan fingerprint density at radius 1 is 1.10 bits per heavy atom. The van der Waals surface area contributed by atoms with Gasteiger partial charge < -0.3 is 9.64 Å². The number of imide groups is 1. The number of para-hydroxylation sites is 1. The first-order valence-corrected chi connectivity index (χ1v) is 9.95. The average Bonchev–Trinajstić information content (AvgIpc) is 3.38. The number of fused-ring (bicyclic) bond motifs is 1. The number of ether oxygens (including phenoxy) is 1. The van der Waals surface area contributed by atoms with E-state index in [0.717, 1.165) is 11.3 Å². The summed E-state index contributed by atoms with van der Waals surface area (Å²) in [5, 5.41) is 10.6. The highest BCUT2D eigenvalue weighted by molar-refractivity contribution is 6.05. The van der Waals surface area contributed by atoms with Gasteiger partial charge in [0, 0.05) is 18.5 Å². The molecule has 1 aromatic heterocycles. The largest absolute Gasteiger partial charge is 0.487 e. The minimum absolute atomic E-state index is 0.223. The lowest BCUT2D eigenvalue weighted by atomic mass is 10.0. The molecule has 3 heterocycles. The second kappa shape index (κ2) is 7.67. The smallest absolute Gasteiger partial charge is 0.255 e. The topological polar surface area (TPSA) is 106 Å². The van der Waals surface area contributed by atoms with Crippen LogP contribution in [0.3, 0.4) is 0 Å². The summed E-state index contributed by atoms with van der Waals surface area (Å²) in [5.74, 6) is -0.198. The summed E-state index contributed by atoms with van der Waals surface area (Å²) in [6.07, 6.45) is 2.32. The van der Waals surface area contributed by atoms with Gasteiger partial charge in [-0.2, -0.15) is 0 Å². The number of rotatable bonds is 5. The maximum atomic E-state index is 13.0. The number of benzene rings is 2. The molecule has 31 heavy (non-hydrogen) atoms. The van der Waals surface area contributed by atoms with Gasteiger partial charge in [0.05, 0.1) is 11.9 Å². The maximum Gasteiger partial charge on any atom is 0.255 e. The molecule has 1 atom stereocenters. The Hall–Kier alpha value is -4.01. The zero-order chi connectivity index (χ0) is 21.4. The normalized spacial score (nSPS) is 18.1. The van der Waals surface area contributed by atoms with E-state index >= 15 is 0 Å². The predicted molar refractivity (Wildman–Crippen MR) is 108 cm³/mol. The number of piperidine rings is 1. The lowest BCUT2D eigenvalue weighted by Gasteiger charge is -2.29. The second-order valence-electron chi connectivity index (χ2n) is 7.50. The van der Waals surface area contributed by atoms with Crippen LogP contribution in [0.1, 0.15) is 34.5 Å². The monoisotopic (exact) mass is 417 g/mol. The van der Waals surface area contributed by atoms with Crippen LogP contribution in [0.5, 0.6) is 5.75 Å². The molecule has 5 rings (SSSR count). The van der Waals surface area contributed by atoms with Crippen LogP contribution in [-0.4, -0.2) is 43.7 Å². The molecule has 3 amide bonds. The van der Waals surface area contributed by atoms with Crippen molar-refractivity contribution in [2.24, 2.45) is 0 Å². The highest BCUT2D eigenvalue weighted by atomic mass is 16.5. The van der Waals surface area contributed by atoms with Crippen molar-refractivity contribution >= 4 is 17.7 Å². The summed E-state index contributed by atoms with van der Waals surface area (Å²) < 4.78 is 7.28. The van der Waals surface area contributed by atoms with Gasteiger partial charge in [0.2, 0.25) is 11.8 Å². The maximum absolute atomic E-state index is 13.0. The Bertz CT molecular complexity index is 1170. The van der Waals surface area contributed by atoms with Crippen molar-refractivity contribution in [1.82, 2.24) is 25.2 Å². The van der Waals surface area contributed by atoms with E-state index in [1.807, 2.05) is 42.5 Å².